The maximum Gasteiger partial charge on any atom is 0.252 e. The fourth-order valence-electron chi connectivity index (χ4n) is 1.26. The predicted molar refractivity (Wildman–Crippen MR) is 57.9 cm³/mol. The van der Waals surface area contributed by atoms with E-state index in [1.54, 1.807) is 12.1 Å². The molecule has 1 heterocycles. The highest BCUT2D eigenvalue weighted by Gasteiger charge is 2.05. The molecule has 0 atom stereocenters. The second-order valence-electron chi connectivity index (χ2n) is 3.11. The molecule has 0 N–H and O–H groups in total. The van der Waals surface area contributed by atoms with Gasteiger partial charge in [0.2, 0.25) is 0 Å². The molecule has 1 aromatic carbocycles. The molecule has 0 unspecified atom stereocenters. The van der Waals surface area contributed by atoms with E-state index in [9.17, 15) is 4.39 Å². The van der Waals surface area contributed by atoms with E-state index in [1.807, 2.05) is 6.07 Å². The van der Waals surface area contributed by atoms with Crippen LogP contribution in [0.3, 0.4) is 0 Å². The highest BCUT2D eigenvalue weighted by molar-refractivity contribution is 9.10. The summed E-state index contributed by atoms with van der Waals surface area (Å²) < 4.78 is 15.6. The average molecular weight is 281 g/mol. The van der Waals surface area contributed by atoms with Crippen LogP contribution in [-0.2, 0) is 6.54 Å². The first-order valence-electron chi connectivity index (χ1n) is 4.42. The van der Waals surface area contributed by atoms with Gasteiger partial charge in [0, 0.05) is 10.0 Å². The summed E-state index contributed by atoms with van der Waals surface area (Å²) in [6, 6.07) is 6.49. The summed E-state index contributed by atoms with van der Waals surface area (Å²) in [5.74, 6) is -0.229. The molecule has 6 heteroatoms. The molecule has 0 saturated carbocycles. The molecule has 0 fully saturated rings. The minimum Gasteiger partial charge on any atom is -0.247 e. The Morgan fingerprint density at radius 1 is 1.50 bits per heavy atom. The van der Waals surface area contributed by atoms with Crippen LogP contribution in [0, 0.1) is 17.1 Å². The van der Waals surface area contributed by atoms with Crippen molar-refractivity contribution in [1.82, 2.24) is 14.8 Å². The van der Waals surface area contributed by atoms with Gasteiger partial charge in [-0.25, -0.2) is 14.1 Å². The largest absolute Gasteiger partial charge is 0.252 e. The van der Waals surface area contributed by atoms with Crippen LogP contribution in [0.1, 0.15) is 11.4 Å². The molecule has 0 aliphatic heterocycles. The Labute approximate surface area is 99.5 Å². The van der Waals surface area contributed by atoms with Crippen LogP contribution in [0.4, 0.5) is 4.39 Å². The Kier molecular flexibility index (Phi) is 2.97. The quantitative estimate of drug-likeness (QED) is 0.847. The number of aromatic nitrogens is 3. The average Bonchev–Trinajstić information content (AvgIpc) is 2.71. The molecule has 0 aliphatic carbocycles. The van der Waals surface area contributed by atoms with Crippen LogP contribution in [0.2, 0.25) is 0 Å². The molecule has 0 saturated heterocycles. The van der Waals surface area contributed by atoms with E-state index < -0.39 is 0 Å². The SMILES string of the molecule is N#Cc1ncn(Cc2cc(Br)ccc2F)n1. The van der Waals surface area contributed by atoms with E-state index in [0.717, 1.165) is 4.47 Å². The van der Waals surface area contributed by atoms with Gasteiger partial charge in [0.15, 0.2) is 0 Å². The summed E-state index contributed by atoms with van der Waals surface area (Å²) in [5, 5.41) is 12.4. The van der Waals surface area contributed by atoms with Crippen molar-refractivity contribution in [1.29, 1.82) is 5.26 Å². The van der Waals surface area contributed by atoms with Gasteiger partial charge in [-0.05, 0) is 18.2 Å². The van der Waals surface area contributed by atoms with Crippen molar-refractivity contribution in [3.8, 4) is 6.07 Å². The van der Waals surface area contributed by atoms with E-state index in [1.165, 1.54) is 17.1 Å². The minimum atomic E-state index is -0.308. The van der Waals surface area contributed by atoms with Crippen LogP contribution >= 0.6 is 15.9 Å². The zero-order valence-corrected chi connectivity index (χ0v) is 9.65. The maximum atomic E-state index is 13.4. The van der Waals surface area contributed by atoms with Gasteiger partial charge < -0.3 is 0 Å². The van der Waals surface area contributed by atoms with E-state index in [-0.39, 0.29) is 18.2 Å². The molecule has 0 aliphatic rings. The van der Waals surface area contributed by atoms with Gasteiger partial charge in [-0.2, -0.15) is 5.26 Å². The van der Waals surface area contributed by atoms with E-state index in [0.29, 0.717) is 5.56 Å². The first-order valence-corrected chi connectivity index (χ1v) is 5.22. The third kappa shape index (κ3) is 2.25. The molecule has 4 nitrogen and oxygen atoms in total. The van der Waals surface area contributed by atoms with Crippen molar-refractivity contribution >= 4 is 15.9 Å². The van der Waals surface area contributed by atoms with Gasteiger partial charge in [-0.1, -0.05) is 15.9 Å². The normalized spacial score (nSPS) is 10.1. The van der Waals surface area contributed by atoms with Gasteiger partial charge >= 0.3 is 0 Å². The lowest BCUT2D eigenvalue weighted by molar-refractivity contribution is 0.584. The van der Waals surface area contributed by atoms with E-state index in [4.69, 9.17) is 5.26 Å². The van der Waals surface area contributed by atoms with Crippen LogP contribution < -0.4 is 0 Å². The van der Waals surface area contributed by atoms with Crippen molar-refractivity contribution in [2.45, 2.75) is 6.54 Å². The standard InChI is InChI=1S/C10H6BrFN4/c11-8-1-2-9(12)7(3-8)5-16-6-14-10(4-13)15-16/h1-3,6H,5H2. The van der Waals surface area contributed by atoms with Crippen LogP contribution in [0.25, 0.3) is 0 Å². The molecule has 0 bridgehead atoms. The number of hydrogen-bond donors (Lipinski definition) is 0. The molecule has 80 valence electrons. The maximum absolute atomic E-state index is 13.4. The fraction of sp³-hybridized carbons (Fsp3) is 0.100. The lowest BCUT2D eigenvalue weighted by atomic mass is 10.2. The summed E-state index contributed by atoms with van der Waals surface area (Å²) in [5.41, 5.74) is 0.490. The lowest BCUT2D eigenvalue weighted by Gasteiger charge is -2.03. The Balaban J connectivity index is 2.27. The zero-order valence-electron chi connectivity index (χ0n) is 8.06. The van der Waals surface area contributed by atoms with Crippen LogP contribution in [0.15, 0.2) is 29.0 Å². The molecule has 2 aromatic rings. The van der Waals surface area contributed by atoms with Crippen molar-refractivity contribution in [2.75, 3.05) is 0 Å². The third-order valence-electron chi connectivity index (χ3n) is 1.98. The lowest BCUT2D eigenvalue weighted by Crippen LogP contribution is -2.02. The van der Waals surface area contributed by atoms with E-state index >= 15 is 0 Å². The Hall–Kier alpha value is -1.74. The third-order valence-corrected chi connectivity index (χ3v) is 2.47. The number of benzene rings is 1. The summed E-state index contributed by atoms with van der Waals surface area (Å²) >= 11 is 3.26. The second-order valence-corrected chi connectivity index (χ2v) is 4.03. The van der Waals surface area contributed by atoms with Crippen molar-refractivity contribution in [3.05, 3.63) is 46.2 Å². The summed E-state index contributed by atoms with van der Waals surface area (Å²) in [4.78, 5) is 3.74. The number of hydrogen-bond acceptors (Lipinski definition) is 3. The highest BCUT2D eigenvalue weighted by Crippen LogP contribution is 2.16. The minimum absolute atomic E-state index is 0.0791. The van der Waals surface area contributed by atoms with Crippen molar-refractivity contribution < 1.29 is 4.39 Å². The van der Waals surface area contributed by atoms with Crippen LogP contribution in [0.5, 0.6) is 0 Å². The van der Waals surface area contributed by atoms with Gasteiger partial charge in [0.25, 0.3) is 5.82 Å². The second kappa shape index (κ2) is 4.41. The predicted octanol–water partition coefficient (Wildman–Crippen LogP) is 2.10. The summed E-state index contributed by atoms with van der Waals surface area (Å²) in [7, 11) is 0. The highest BCUT2D eigenvalue weighted by atomic mass is 79.9. The smallest absolute Gasteiger partial charge is 0.247 e. The van der Waals surface area contributed by atoms with E-state index in [2.05, 4.69) is 26.0 Å². The first-order chi connectivity index (χ1) is 7.69. The summed E-state index contributed by atoms with van der Waals surface area (Å²) in [6.45, 7) is 0.250. The van der Waals surface area contributed by atoms with Gasteiger partial charge in [0.1, 0.15) is 18.2 Å². The van der Waals surface area contributed by atoms with Gasteiger partial charge in [0.05, 0.1) is 6.54 Å². The zero-order chi connectivity index (χ0) is 11.5. The van der Waals surface area contributed by atoms with Crippen molar-refractivity contribution in [2.24, 2.45) is 0 Å². The van der Waals surface area contributed by atoms with Crippen molar-refractivity contribution in [3.63, 3.8) is 0 Å². The molecular formula is C10H6BrFN4. The first kappa shape index (κ1) is 10.8. The summed E-state index contributed by atoms with van der Waals surface area (Å²) in [6.07, 6.45) is 1.40. The van der Waals surface area contributed by atoms with Gasteiger partial charge in [-0.3, -0.25) is 0 Å². The number of rotatable bonds is 2. The fourth-order valence-corrected chi connectivity index (χ4v) is 1.67. The molecule has 16 heavy (non-hydrogen) atoms. The Morgan fingerprint density at radius 2 is 2.31 bits per heavy atom. The molecular weight excluding hydrogens is 275 g/mol. The molecule has 2 rings (SSSR count). The monoisotopic (exact) mass is 280 g/mol. The Morgan fingerprint density at radius 3 is 3.00 bits per heavy atom. The number of halogens is 2. The molecule has 0 spiro atoms. The van der Waals surface area contributed by atoms with Crippen LogP contribution in [-0.4, -0.2) is 14.8 Å². The molecule has 0 radical (unpaired) electrons. The molecule has 1 aromatic heterocycles. The number of nitriles is 1. The topological polar surface area (TPSA) is 54.5 Å². The van der Waals surface area contributed by atoms with Gasteiger partial charge in [-0.15, -0.1) is 5.10 Å². The molecule has 0 amide bonds. The number of nitrogens with zero attached hydrogens (tertiary/aromatic N) is 4. The Bertz CT molecular complexity index is 558.